The van der Waals surface area contributed by atoms with Crippen LogP contribution in [0.2, 0.25) is 0 Å². The number of halogens is 2. The van der Waals surface area contributed by atoms with E-state index in [1.807, 2.05) is 37.3 Å². The number of hydrogen-bond donors (Lipinski definition) is 3. The first-order valence-electron chi connectivity index (χ1n) is 10.4. The molecule has 1 aromatic carbocycles. The minimum atomic E-state index is -0.561. The molecule has 1 amide bonds. The highest BCUT2D eigenvalue weighted by Crippen LogP contribution is 2.25. The quantitative estimate of drug-likeness (QED) is 0.487. The first-order valence-corrected chi connectivity index (χ1v) is 10.4. The summed E-state index contributed by atoms with van der Waals surface area (Å²) in [6.07, 6.45) is 3.71. The number of para-hydroxylation sites is 1. The third kappa shape index (κ3) is 5.46. The molecule has 4 N–H and O–H groups in total. The number of pyridine rings is 1. The number of aromatic nitrogens is 3. The number of benzene rings is 1. The fourth-order valence-electron chi connectivity index (χ4n) is 3.95. The normalized spacial score (nSPS) is 13.9. The Balaban J connectivity index is 0.00000193. The maximum absolute atomic E-state index is 13.2. The Bertz CT molecular complexity index is 1200. The van der Waals surface area contributed by atoms with Gasteiger partial charge in [0.2, 0.25) is 5.91 Å². The Morgan fingerprint density at radius 2 is 1.94 bits per heavy atom. The summed E-state index contributed by atoms with van der Waals surface area (Å²) in [5.74, 6) is 0.479. The van der Waals surface area contributed by atoms with Crippen LogP contribution in [-0.2, 0) is 24.2 Å². The predicted octanol–water partition coefficient (Wildman–Crippen LogP) is 3.48. The van der Waals surface area contributed by atoms with Gasteiger partial charge in [-0.1, -0.05) is 31.2 Å². The monoisotopic (exact) mass is 490 g/mol. The summed E-state index contributed by atoms with van der Waals surface area (Å²) in [7, 11) is 0. The van der Waals surface area contributed by atoms with E-state index in [2.05, 4.69) is 27.5 Å². The van der Waals surface area contributed by atoms with E-state index in [1.54, 1.807) is 16.8 Å². The van der Waals surface area contributed by atoms with Gasteiger partial charge in [-0.15, -0.1) is 24.8 Å². The van der Waals surface area contributed by atoms with Gasteiger partial charge in [0.25, 0.3) is 5.56 Å². The largest absolute Gasteiger partial charge is 0.384 e. The van der Waals surface area contributed by atoms with E-state index in [1.165, 1.54) is 0 Å². The average molecular weight is 491 g/mol. The van der Waals surface area contributed by atoms with Gasteiger partial charge in [-0.05, 0) is 49.4 Å². The van der Waals surface area contributed by atoms with Crippen LogP contribution in [0, 0.1) is 6.92 Å². The van der Waals surface area contributed by atoms with Crippen LogP contribution in [0.1, 0.15) is 41.9 Å². The van der Waals surface area contributed by atoms with Crippen LogP contribution in [0.4, 0.5) is 17.3 Å². The molecular weight excluding hydrogens is 463 g/mol. The number of aryl methyl sites for hydroxylation is 3. The average Bonchev–Trinajstić information content (AvgIpc) is 3.20. The number of nitrogen functional groups attached to an aromatic ring is 1. The Morgan fingerprint density at radius 3 is 2.67 bits per heavy atom. The van der Waals surface area contributed by atoms with Crippen molar-refractivity contribution in [3.63, 3.8) is 0 Å². The molecule has 176 valence electrons. The lowest BCUT2D eigenvalue weighted by Crippen LogP contribution is -2.36. The number of carbonyl (C=O) groups is 1. The van der Waals surface area contributed by atoms with Gasteiger partial charge in [0.15, 0.2) is 5.82 Å². The summed E-state index contributed by atoms with van der Waals surface area (Å²) >= 11 is 0. The summed E-state index contributed by atoms with van der Waals surface area (Å²) in [4.78, 5) is 34.7. The van der Waals surface area contributed by atoms with E-state index >= 15 is 0 Å². The molecule has 8 nitrogen and oxygen atoms in total. The number of nitrogens with one attached hydrogen (secondary N) is 2. The van der Waals surface area contributed by atoms with Crippen LogP contribution in [0.15, 0.2) is 47.4 Å². The molecule has 1 atom stereocenters. The molecule has 0 radical (unpaired) electrons. The molecule has 0 bridgehead atoms. The zero-order valence-corrected chi connectivity index (χ0v) is 20.1. The highest BCUT2D eigenvalue weighted by molar-refractivity contribution is 5.85. The van der Waals surface area contributed by atoms with E-state index in [4.69, 9.17) is 5.73 Å². The third-order valence-electron chi connectivity index (χ3n) is 5.68. The van der Waals surface area contributed by atoms with Gasteiger partial charge in [-0.2, -0.15) is 0 Å². The van der Waals surface area contributed by atoms with Crippen molar-refractivity contribution in [2.45, 2.75) is 45.7 Å². The van der Waals surface area contributed by atoms with Crippen LogP contribution in [0.3, 0.4) is 0 Å². The molecule has 0 saturated heterocycles. The molecule has 0 aliphatic carbocycles. The number of anilines is 3. The van der Waals surface area contributed by atoms with Crippen molar-refractivity contribution in [3.8, 4) is 0 Å². The minimum absolute atomic E-state index is 0. The van der Waals surface area contributed by atoms with Crippen LogP contribution in [0.5, 0.6) is 0 Å². The van der Waals surface area contributed by atoms with E-state index in [0.29, 0.717) is 25.2 Å². The molecule has 4 rings (SSSR count). The van der Waals surface area contributed by atoms with Crippen molar-refractivity contribution >= 4 is 48.0 Å². The number of carbonyl (C=O) groups excluding carboxylic acids is 1. The second kappa shape index (κ2) is 11.2. The Morgan fingerprint density at radius 1 is 1.18 bits per heavy atom. The molecule has 3 heterocycles. The fraction of sp³-hybridized carbons (Fsp3) is 0.304. The molecule has 3 aromatic rings. The number of nitrogens with two attached hydrogens (primary N) is 1. The fourth-order valence-corrected chi connectivity index (χ4v) is 3.95. The Kier molecular flexibility index (Phi) is 8.84. The maximum Gasteiger partial charge on any atom is 0.294 e. The summed E-state index contributed by atoms with van der Waals surface area (Å²) in [5.41, 5.74) is 9.78. The van der Waals surface area contributed by atoms with Crippen molar-refractivity contribution in [1.29, 1.82) is 0 Å². The second-order valence-electron chi connectivity index (χ2n) is 7.66. The summed E-state index contributed by atoms with van der Waals surface area (Å²) < 4.78 is 1.56. The van der Waals surface area contributed by atoms with E-state index in [0.717, 1.165) is 34.6 Å². The third-order valence-corrected chi connectivity index (χ3v) is 5.68. The summed E-state index contributed by atoms with van der Waals surface area (Å²) in [6, 6.07) is 10.8. The van der Waals surface area contributed by atoms with Gasteiger partial charge < -0.3 is 16.4 Å². The minimum Gasteiger partial charge on any atom is -0.384 e. The molecule has 1 aliphatic heterocycles. The predicted molar refractivity (Wildman–Crippen MR) is 135 cm³/mol. The topological polar surface area (TPSA) is 115 Å². The zero-order chi connectivity index (χ0) is 22.0. The van der Waals surface area contributed by atoms with E-state index in [-0.39, 0.29) is 42.1 Å². The van der Waals surface area contributed by atoms with Crippen LogP contribution in [-0.4, -0.2) is 20.4 Å². The van der Waals surface area contributed by atoms with Crippen molar-refractivity contribution in [2.75, 3.05) is 11.1 Å². The van der Waals surface area contributed by atoms with Gasteiger partial charge in [0, 0.05) is 29.8 Å². The van der Waals surface area contributed by atoms with Crippen LogP contribution in [0.25, 0.3) is 0 Å². The molecule has 0 saturated carbocycles. The van der Waals surface area contributed by atoms with Crippen LogP contribution >= 0.6 is 24.8 Å². The first-order chi connectivity index (χ1) is 15.0. The van der Waals surface area contributed by atoms with Crippen molar-refractivity contribution < 1.29 is 4.79 Å². The number of amides is 1. The lowest BCUT2D eigenvalue weighted by atomic mass is 10.1. The molecule has 2 aromatic heterocycles. The van der Waals surface area contributed by atoms with Crippen molar-refractivity contribution in [1.82, 2.24) is 19.9 Å². The van der Waals surface area contributed by atoms with Crippen molar-refractivity contribution in [2.24, 2.45) is 0 Å². The molecule has 0 unspecified atom stereocenters. The molecule has 0 spiro atoms. The lowest BCUT2D eigenvalue weighted by molar-refractivity contribution is -0.124. The van der Waals surface area contributed by atoms with Gasteiger partial charge in [-0.3, -0.25) is 14.2 Å². The first kappa shape index (κ1) is 26.2. The molecule has 0 fully saturated rings. The summed E-state index contributed by atoms with van der Waals surface area (Å²) in [5, 5.41) is 6.09. The number of rotatable bonds is 6. The van der Waals surface area contributed by atoms with Gasteiger partial charge in [0.1, 0.15) is 11.9 Å². The SMILES string of the molecule is CCc1ccccc1Nc1ncc2n(c1=O)[C@@H](C(=O)NCc1ccc(N)nc1C)CC2.Cl.Cl. The van der Waals surface area contributed by atoms with E-state index < -0.39 is 6.04 Å². The van der Waals surface area contributed by atoms with E-state index in [9.17, 15) is 9.59 Å². The summed E-state index contributed by atoms with van der Waals surface area (Å²) in [6.45, 7) is 4.24. The van der Waals surface area contributed by atoms with Gasteiger partial charge >= 0.3 is 0 Å². The molecular formula is C23H28Cl2N6O2. The molecule has 33 heavy (non-hydrogen) atoms. The standard InChI is InChI=1S/C23H26N6O2.2ClH/c1-3-15-6-4-5-7-18(15)28-21-23(31)29-17(13-25-21)9-10-19(29)22(30)26-12-16-8-11-20(24)27-14(16)2;;/h4-8,11,13,19H,3,9-10,12H2,1-2H3,(H2,24,27)(H,25,28)(H,26,30);2*1H/t19-;;/m1../s1. The highest BCUT2D eigenvalue weighted by Gasteiger charge is 2.30. The van der Waals surface area contributed by atoms with Gasteiger partial charge in [0.05, 0.1) is 0 Å². The van der Waals surface area contributed by atoms with Crippen molar-refractivity contribution in [3.05, 3.63) is 75.5 Å². The zero-order valence-electron chi connectivity index (χ0n) is 18.5. The van der Waals surface area contributed by atoms with Crippen LogP contribution < -0.4 is 21.9 Å². The number of fused-ring (bicyclic) bond motifs is 1. The van der Waals surface area contributed by atoms with Gasteiger partial charge in [-0.25, -0.2) is 9.97 Å². The smallest absolute Gasteiger partial charge is 0.294 e. The Labute approximate surface area is 204 Å². The second-order valence-corrected chi connectivity index (χ2v) is 7.66. The highest BCUT2D eigenvalue weighted by atomic mass is 35.5. The molecule has 1 aliphatic rings. The Hall–Kier alpha value is -3.10. The molecule has 10 heteroatoms. The number of nitrogens with zero attached hydrogens (tertiary/aromatic N) is 3. The lowest BCUT2D eigenvalue weighted by Gasteiger charge is -2.17. The number of hydrogen-bond acceptors (Lipinski definition) is 6. The maximum atomic E-state index is 13.2.